The number of esters is 2. The van der Waals surface area contributed by atoms with E-state index in [2.05, 4.69) is 4.74 Å². The summed E-state index contributed by atoms with van der Waals surface area (Å²) in [6, 6.07) is 0. The number of carbonyl (C=O) groups is 2. The fraction of sp³-hybridized carbons (Fsp3) is 0.714. The molecule has 0 spiro atoms. The van der Waals surface area contributed by atoms with Crippen LogP contribution in [-0.4, -0.2) is 11.9 Å². The third-order valence-electron chi connectivity index (χ3n) is 2.89. The van der Waals surface area contributed by atoms with Crippen LogP contribution in [0.15, 0.2) is 0 Å². The molecule has 0 bridgehead atoms. The molecule has 0 amide bonds. The maximum absolute atomic E-state index is 10.9. The fourth-order valence-electron chi connectivity index (χ4n) is 1.57. The minimum absolute atomic E-state index is 0.347. The van der Waals surface area contributed by atoms with E-state index in [4.69, 9.17) is 0 Å². The maximum Gasteiger partial charge on any atom is 0.320 e. The van der Waals surface area contributed by atoms with E-state index in [1.807, 2.05) is 0 Å². The first-order valence-corrected chi connectivity index (χ1v) is 3.27. The summed E-state index contributed by atoms with van der Waals surface area (Å²) >= 11 is 0. The Labute approximate surface area is 58.4 Å². The Morgan fingerprint density at radius 3 is 1.70 bits per heavy atom. The Kier molecular flexibility index (Phi) is 0.667. The summed E-state index contributed by atoms with van der Waals surface area (Å²) in [4.78, 5) is 21.8. The predicted octanol–water partition coefficient (Wildman–Crippen LogP) is 0.486. The Balaban J connectivity index is 2.47. The lowest BCUT2D eigenvalue weighted by molar-refractivity contribution is -0.157. The molecule has 0 aromatic heterocycles. The van der Waals surface area contributed by atoms with Gasteiger partial charge < -0.3 is 4.74 Å². The SMILES string of the molecule is CC12CC1(C)C(=O)OC2=O. The van der Waals surface area contributed by atoms with E-state index in [9.17, 15) is 9.59 Å². The Bertz CT molecular complexity index is 221. The molecule has 1 heterocycles. The van der Waals surface area contributed by atoms with Gasteiger partial charge >= 0.3 is 11.9 Å². The second-order valence-electron chi connectivity index (χ2n) is 3.52. The average molecular weight is 140 g/mol. The Hall–Kier alpha value is -0.860. The van der Waals surface area contributed by atoms with Crippen molar-refractivity contribution in [2.24, 2.45) is 10.8 Å². The van der Waals surface area contributed by atoms with Crippen molar-refractivity contribution in [3.8, 4) is 0 Å². The summed E-state index contributed by atoms with van der Waals surface area (Å²) < 4.78 is 4.45. The van der Waals surface area contributed by atoms with Gasteiger partial charge in [-0.05, 0) is 20.3 Å². The molecule has 2 atom stereocenters. The molecule has 0 aromatic carbocycles. The second-order valence-corrected chi connectivity index (χ2v) is 3.52. The van der Waals surface area contributed by atoms with E-state index in [0.717, 1.165) is 0 Å². The van der Waals surface area contributed by atoms with Crippen LogP contribution in [0.25, 0.3) is 0 Å². The minimum Gasteiger partial charge on any atom is -0.392 e. The molecule has 0 aromatic rings. The van der Waals surface area contributed by atoms with Gasteiger partial charge in [-0.1, -0.05) is 0 Å². The molecule has 2 rings (SSSR count). The van der Waals surface area contributed by atoms with Crippen molar-refractivity contribution in [3.63, 3.8) is 0 Å². The van der Waals surface area contributed by atoms with Crippen LogP contribution in [0.3, 0.4) is 0 Å². The van der Waals surface area contributed by atoms with Gasteiger partial charge in [-0.2, -0.15) is 0 Å². The summed E-state index contributed by atoms with van der Waals surface area (Å²) in [5.74, 6) is -0.694. The molecule has 0 radical (unpaired) electrons. The molecule has 54 valence electrons. The van der Waals surface area contributed by atoms with E-state index < -0.39 is 10.8 Å². The van der Waals surface area contributed by atoms with E-state index in [1.165, 1.54) is 0 Å². The molecule has 2 unspecified atom stereocenters. The Morgan fingerprint density at radius 2 is 1.60 bits per heavy atom. The standard InChI is InChI=1S/C7H8O3/c1-6-3-7(6,2)5(9)10-4(6)8/h3H2,1-2H3. The van der Waals surface area contributed by atoms with Crippen molar-refractivity contribution in [2.45, 2.75) is 20.3 Å². The molecule has 2 aliphatic rings. The number of hydrogen-bond donors (Lipinski definition) is 0. The summed E-state index contributed by atoms with van der Waals surface area (Å²) in [6.07, 6.45) is 0.664. The van der Waals surface area contributed by atoms with E-state index in [0.29, 0.717) is 6.42 Å². The summed E-state index contributed by atoms with van der Waals surface area (Å²) in [5.41, 5.74) is -0.964. The van der Waals surface area contributed by atoms with Gasteiger partial charge in [0.1, 0.15) is 0 Å². The van der Waals surface area contributed by atoms with Crippen LogP contribution in [0.4, 0.5) is 0 Å². The number of rotatable bonds is 0. The van der Waals surface area contributed by atoms with Crippen LogP contribution in [0.1, 0.15) is 20.3 Å². The third-order valence-corrected chi connectivity index (χ3v) is 2.89. The largest absolute Gasteiger partial charge is 0.392 e. The number of ether oxygens (including phenoxy) is 1. The van der Waals surface area contributed by atoms with Crippen molar-refractivity contribution >= 4 is 11.9 Å². The number of cyclic esters (lactones) is 2. The smallest absolute Gasteiger partial charge is 0.320 e. The molecule has 1 saturated carbocycles. The molecule has 0 N–H and O–H groups in total. The number of carbonyl (C=O) groups excluding carboxylic acids is 2. The van der Waals surface area contributed by atoms with Gasteiger partial charge in [0, 0.05) is 0 Å². The normalized spacial score (nSPS) is 50.6. The van der Waals surface area contributed by atoms with Crippen LogP contribution in [0.2, 0.25) is 0 Å². The van der Waals surface area contributed by atoms with Crippen molar-refractivity contribution < 1.29 is 14.3 Å². The number of hydrogen-bond acceptors (Lipinski definition) is 3. The summed E-state index contributed by atoms with van der Waals surface area (Å²) in [7, 11) is 0. The van der Waals surface area contributed by atoms with Crippen molar-refractivity contribution in [1.82, 2.24) is 0 Å². The van der Waals surface area contributed by atoms with Crippen molar-refractivity contribution in [1.29, 1.82) is 0 Å². The monoisotopic (exact) mass is 140 g/mol. The van der Waals surface area contributed by atoms with Crippen LogP contribution in [0, 0.1) is 10.8 Å². The van der Waals surface area contributed by atoms with Gasteiger partial charge in [-0.25, -0.2) is 0 Å². The minimum atomic E-state index is -0.482. The van der Waals surface area contributed by atoms with Gasteiger partial charge in [-0.3, -0.25) is 9.59 Å². The molecular formula is C7H8O3. The molecular weight excluding hydrogens is 132 g/mol. The van der Waals surface area contributed by atoms with E-state index in [-0.39, 0.29) is 11.9 Å². The van der Waals surface area contributed by atoms with Gasteiger partial charge in [0.25, 0.3) is 0 Å². The van der Waals surface area contributed by atoms with Crippen molar-refractivity contribution in [3.05, 3.63) is 0 Å². The topological polar surface area (TPSA) is 43.4 Å². The first-order valence-electron chi connectivity index (χ1n) is 3.27. The second kappa shape index (κ2) is 1.13. The quantitative estimate of drug-likeness (QED) is 0.363. The van der Waals surface area contributed by atoms with Crippen LogP contribution in [-0.2, 0) is 14.3 Å². The highest BCUT2D eigenvalue weighted by Crippen LogP contribution is 2.68. The molecule has 1 aliphatic carbocycles. The van der Waals surface area contributed by atoms with E-state index in [1.54, 1.807) is 13.8 Å². The molecule has 3 nitrogen and oxygen atoms in total. The predicted molar refractivity (Wildman–Crippen MR) is 31.9 cm³/mol. The first-order chi connectivity index (χ1) is 4.51. The third kappa shape index (κ3) is 0.340. The molecule has 1 saturated heterocycles. The van der Waals surface area contributed by atoms with E-state index >= 15 is 0 Å². The summed E-state index contributed by atoms with van der Waals surface area (Å²) in [5, 5.41) is 0. The highest BCUT2D eigenvalue weighted by molar-refractivity contribution is 6.06. The van der Waals surface area contributed by atoms with Crippen LogP contribution < -0.4 is 0 Å². The highest BCUT2D eigenvalue weighted by Gasteiger charge is 2.77. The lowest BCUT2D eigenvalue weighted by Gasteiger charge is -1.95. The van der Waals surface area contributed by atoms with Crippen molar-refractivity contribution in [2.75, 3.05) is 0 Å². The zero-order valence-electron chi connectivity index (χ0n) is 5.93. The lowest BCUT2D eigenvalue weighted by Crippen LogP contribution is -2.09. The fourth-order valence-corrected chi connectivity index (χ4v) is 1.57. The average Bonchev–Trinajstić information content (AvgIpc) is 2.33. The van der Waals surface area contributed by atoms with Gasteiger partial charge in [-0.15, -0.1) is 0 Å². The lowest BCUT2D eigenvalue weighted by atomic mass is 10.00. The first kappa shape index (κ1) is 5.89. The van der Waals surface area contributed by atoms with Gasteiger partial charge in [0.15, 0.2) is 0 Å². The van der Waals surface area contributed by atoms with Crippen LogP contribution >= 0.6 is 0 Å². The highest BCUT2D eigenvalue weighted by atomic mass is 16.6. The zero-order chi connectivity index (χ0) is 7.57. The van der Waals surface area contributed by atoms with Gasteiger partial charge in [0.2, 0.25) is 0 Å². The van der Waals surface area contributed by atoms with Gasteiger partial charge in [0.05, 0.1) is 10.8 Å². The maximum atomic E-state index is 10.9. The molecule has 3 heteroatoms. The zero-order valence-corrected chi connectivity index (χ0v) is 5.93. The molecule has 2 fully saturated rings. The van der Waals surface area contributed by atoms with Crippen LogP contribution in [0.5, 0.6) is 0 Å². The molecule has 1 aliphatic heterocycles. The number of fused-ring (bicyclic) bond motifs is 1. The molecule has 10 heavy (non-hydrogen) atoms. The Morgan fingerprint density at radius 1 is 1.20 bits per heavy atom. The summed E-state index contributed by atoms with van der Waals surface area (Å²) in [6.45, 7) is 3.56.